The van der Waals surface area contributed by atoms with E-state index in [0.29, 0.717) is 10.9 Å². The summed E-state index contributed by atoms with van der Waals surface area (Å²) in [4.78, 5) is 0. The van der Waals surface area contributed by atoms with Crippen molar-refractivity contribution in [2.45, 2.75) is 0 Å². The van der Waals surface area contributed by atoms with Gasteiger partial charge < -0.3 is 17.6 Å². The largest absolute Gasteiger partial charge is 0.384 e. The summed E-state index contributed by atoms with van der Waals surface area (Å²) < 4.78 is 3.26. The van der Waals surface area contributed by atoms with Gasteiger partial charge in [0.2, 0.25) is 0 Å². The topological polar surface area (TPSA) is 99.1 Å². The first kappa shape index (κ1) is 11.9. The standard InChI is InChI=1S/C3H9N3S2.H3N/c4-1-2-6-8-3(5)7;/h6H,1-2,4H2,(H2,5,7);1H3. The molecule has 0 saturated carbocycles. The van der Waals surface area contributed by atoms with Crippen LogP contribution in [0.2, 0.25) is 0 Å². The van der Waals surface area contributed by atoms with E-state index < -0.39 is 0 Å². The van der Waals surface area contributed by atoms with Crippen LogP contribution in [0.5, 0.6) is 0 Å². The molecule has 0 aliphatic rings. The molecule has 9 heavy (non-hydrogen) atoms. The van der Waals surface area contributed by atoms with Crippen LogP contribution < -0.4 is 22.3 Å². The molecule has 8 N–H and O–H groups in total. The minimum atomic E-state index is 0. The molecule has 0 unspecified atom stereocenters. The Morgan fingerprint density at radius 1 is 1.67 bits per heavy atom. The van der Waals surface area contributed by atoms with Crippen molar-refractivity contribution in [2.75, 3.05) is 13.1 Å². The van der Waals surface area contributed by atoms with Gasteiger partial charge in [0.05, 0.1) is 0 Å². The van der Waals surface area contributed by atoms with E-state index in [-0.39, 0.29) is 6.15 Å². The minimum absolute atomic E-state index is 0. The van der Waals surface area contributed by atoms with Gasteiger partial charge in [-0.25, -0.2) is 0 Å². The quantitative estimate of drug-likeness (QED) is 0.260. The van der Waals surface area contributed by atoms with Gasteiger partial charge in [0.1, 0.15) is 4.32 Å². The first-order chi connectivity index (χ1) is 3.77. The molecule has 0 radical (unpaired) electrons. The number of rotatable bonds is 3. The Labute approximate surface area is 64.5 Å². The highest BCUT2D eigenvalue weighted by Crippen LogP contribution is 1.88. The first-order valence-corrected chi connectivity index (χ1v) is 3.39. The van der Waals surface area contributed by atoms with E-state index >= 15 is 0 Å². The predicted octanol–water partition coefficient (Wildman–Crippen LogP) is -0.412. The van der Waals surface area contributed by atoms with Gasteiger partial charge in [-0.05, 0) is 11.9 Å². The Balaban J connectivity index is 0. The molecule has 4 nitrogen and oxygen atoms in total. The molecule has 0 heterocycles. The van der Waals surface area contributed by atoms with Crippen LogP contribution in [0.4, 0.5) is 0 Å². The van der Waals surface area contributed by atoms with Crippen molar-refractivity contribution in [3.8, 4) is 0 Å². The van der Waals surface area contributed by atoms with Crippen LogP contribution in [0.25, 0.3) is 0 Å². The zero-order valence-electron chi connectivity index (χ0n) is 5.09. The van der Waals surface area contributed by atoms with Crippen molar-refractivity contribution in [1.82, 2.24) is 10.9 Å². The summed E-state index contributed by atoms with van der Waals surface area (Å²) in [5.74, 6) is 0. The van der Waals surface area contributed by atoms with E-state index in [1.54, 1.807) is 0 Å². The molecule has 0 aromatic heterocycles. The van der Waals surface area contributed by atoms with Crippen LogP contribution >= 0.6 is 24.2 Å². The van der Waals surface area contributed by atoms with Crippen molar-refractivity contribution in [1.29, 1.82) is 0 Å². The highest BCUT2D eigenvalue weighted by atomic mass is 32.2. The average molecular weight is 168 g/mol. The van der Waals surface area contributed by atoms with Crippen LogP contribution in [0.15, 0.2) is 0 Å². The van der Waals surface area contributed by atoms with Gasteiger partial charge in [0.25, 0.3) is 0 Å². The fourth-order valence-electron chi connectivity index (χ4n) is 0.181. The fraction of sp³-hybridized carbons (Fsp3) is 0.667. The van der Waals surface area contributed by atoms with E-state index in [1.165, 1.54) is 11.9 Å². The molecule has 0 fully saturated rings. The van der Waals surface area contributed by atoms with Crippen LogP contribution in [0.1, 0.15) is 0 Å². The summed E-state index contributed by atoms with van der Waals surface area (Å²) >= 11 is 5.78. The Morgan fingerprint density at radius 2 is 2.22 bits per heavy atom. The molecular formula is C3H12N4S2. The van der Waals surface area contributed by atoms with Gasteiger partial charge in [0.15, 0.2) is 0 Å². The number of thiocarbonyl (C=S) groups is 1. The molecule has 56 valence electrons. The number of hydrogen-bond donors (Lipinski definition) is 4. The third-order valence-electron chi connectivity index (χ3n) is 0.419. The first-order valence-electron chi connectivity index (χ1n) is 2.16. The molecule has 0 aliphatic carbocycles. The molecular weight excluding hydrogens is 156 g/mol. The zero-order chi connectivity index (χ0) is 6.41. The van der Waals surface area contributed by atoms with E-state index in [9.17, 15) is 0 Å². The van der Waals surface area contributed by atoms with Crippen molar-refractivity contribution < 1.29 is 0 Å². The lowest BCUT2D eigenvalue weighted by molar-refractivity contribution is 0.921. The third-order valence-corrected chi connectivity index (χ3v) is 1.22. The van der Waals surface area contributed by atoms with Gasteiger partial charge in [-0.3, -0.25) is 4.72 Å². The Kier molecular flexibility index (Phi) is 10.7. The van der Waals surface area contributed by atoms with Crippen molar-refractivity contribution in [2.24, 2.45) is 11.5 Å². The number of hydrogen-bond acceptors (Lipinski definition) is 5. The highest BCUT2D eigenvalue weighted by Gasteiger charge is 1.85. The Morgan fingerprint density at radius 3 is 2.56 bits per heavy atom. The summed E-state index contributed by atoms with van der Waals surface area (Å²) in [6.07, 6.45) is 0. The second-order valence-electron chi connectivity index (χ2n) is 1.10. The molecule has 0 aromatic carbocycles. The average Bonchev–Trinajstić information content (AvgIpc) is 1.66. The Hall–Kier alpha value is 0.120. The summed E-state index contributed by atoms with van der Waals surface area (Å²) in [5.41, 5.74) is 10.3. The molecule has 0 rings (SSSR count). The molecule has 0 amide bonds. The maximum atomic E-state index is 5.15. The summed E-state index contributed by atoms with van der Waals surface area (Å²) in [6, 6.07) is 0. The minimum Gasteiger partial charge on any atom is -0.384 e. The smallest absolute Gasteiger partial charge is 0.146 e. The van der Waals surface area contributed by atoms with E-state index in [2.05, 4.69) is 16.9 Å². The fourth-order valence-corrected chi connectivity index (χ4v) is 0.720. The lowest BCUT2D eigenvalue weighted by Gasteiger charge is -1.96. The maximum absolute atomic E-state index is 5.15. The molecule has 0 saturated heterocycles. The van der Waals surface area contributed by atoms with Gasteiger partial charge in [-0.2, -0.15) is 0 Å². The summed E-state index contributed by atoms with van der Waals surface area (Å²) in [7, 11) is 0. The molecule has 0 aromatic rings. The molecule has 6 heteroatoms. The molecule has 0 aliphatic heterocycles. The predicted molar refractivity (Wildman–Crippen MR) is 46.5 cm³/mol. The highest BCUT2D eigenvalue weighted by molar-refractivity contribution is 8.21. The van der Waals surface area contributed by atoms with E-state index in [4.69, 9.17) is 11.5 Å². The van der Waals surface area contributed by atoms with Crippen LogP contribution in [0, 0.1) is 0 Å². The molecule has 0 atom stereocenters. The van der Waals surface area contributed by atoms with Crippen LogP contribution in [-0.4, -0.2) is 17.4 Å². The number of nitrogens with two attached hydrogens (primary N) is 2. The Bertz CT molecular complexity index is 76.2. The second kappa shape index (κ2) is 8.12. The maximum Gasteiger partial charge on any atom is 0.146 e. The van der Waals surface area contributed by atoms with Crippen molar-refractivity contribution in [3.63, 3.8) is 0 Å². The summed E-state index contributed by atoms with van der Waals surface area (Å²) in [6.45, 7) is 1.34. The lowest BCUT2D eigenvalue weighted by atomic mass is 10.7. The SMILES string of the molecule is N.NCCNSC(N)=S. The van der Waals surface area contributed by atoms with Gasteiger partial charge in [0, 0.05) is 13.1 Å². The lowest BCUT2D eigenvalue weighted by Crippen LogP contribution is -2.19. The molecule has 0 bridgehead atoms. The zero-order valence-corrected chi connectivity index (χ0v) is 6.73. The second-order valence-corrected chi connectivity index (χ2v) is 2.73. The van der Waals surface area contributed by atoms with Gasteiger partial charge in [-0.15, -0.1) is 0 Å². The van der Waals surface area contributed by atoms with Gasteiger partial charge in [-0.1, -0.05) is 12.2 Å². The van der Waals surface area contributed by atoms with Crippen molar-refractivity contribution >= 4 is 28.5 Å². The van der Waals surface area contributed by atoms with E-state index in [0.717, 1.165) is 6.54 Å². The van der Waals surface area contributed by atoms with E-state index in [1.807, 2.05) is 0 Å². The van der Waals surface area contributed by atoms with Crippen LogP contribution in [-0.2, 0) is 0 Å². The normalized spacial score (nSPS) is 8.11. The molecule has 0 spiro atoms. The third kappa shape index (κ3) is 11.6. The van der Waals surface area contributed by atoms with Crippen molar-refractivity contribution in [3.05, 3.63) is 0 Å². The monoisotopic (exact) mass is 168 g/mol. The number of nitrogens with one attached hydrogen (secondary N) is 1. The van der Waals surface area contributed by atoms with Gasteiger partial charge >= 0.3 is 0 Å². The summed E-state index contributed by atoms with van der Waals surface area (Å²) in [5, 5.41) is 0. The van der Waals surface area contributed by atoms with Crippen LogP contribution in [0.3, 0.4) is 0 Å².